The van der Waals surface area contributed by atoms with Gasteiger partial charge in [0.25, 0.3) is 0 Å². The van der Waals surface area contributed by atoms with E-state index in [1.54, 1.807) is 0 Å². The maximum Gasteiger partial charge on any atom is 0.235 e. The van der Waals surface area contributed by atoms with Gasteiger partial charge in [0.1, 0.15) is 5.01 Å². The molecule has 3 rings (SSSR count). The van der Waals surface area contributed by atoms with Crippen LogP contribution in [0.2, 0.25) is 0 Å². The van der Waals surface area contributed by atoms with E-state index in [9.17, 15) is 0 Å². The van der Waals surface area contributed by atoms with Crippen molar-refractivity contribution in [2.75, 3.05) is 0 Å². The van der Waals surface area contributed by atoms with Gasteiger partial charge in [-0.05, 0) is 10.8 Å². The second-order valence-corrected chi connectivity index (χ2v) is 4.91. The highest BCUT2D eigenvalue weighted by atomic mass is 32.1. The fraction of sp³-hybridized carbons (Fsp3) is 0. The van der Waals surface area contributed by atoms with Gasteiger partial charge in [-0.3, -0.25) is 0 Å². The zero-order valence-electron chi connectivity index (χ0n) is 9.95. The first kappa shape index (κ1) is 11.6. The van der Waals surface area contributed by atoms with Crippen LogP contribution in [0.5, 0.6) is 0 Å². The van der Waals surface area contributed by atoms with Crippen LogP contribution in [0.4, 0.5) is 5.13 Å². The molecule has 0 aliphatic carbocycles. The first-order chi connectivity index (χ1) is 9.24. The summed E-state index contributed by atoms with van der Waals surface area (Å²) in [6.07, 6.45) is 0. The molecule has 0 aliphatic rings. The fourth-order valence-corrected chi connectivity index (χ4v) is 2.67. The first-order valence-electron chi connectivity index (χ1n) is 5.65. The topological polar surface area (TPSA) is 90.2 Å². The van der Waals surface area contributed by atoms with E-state index in [0.717, 1.165) is 16.0 Å². The molecule has 2 aromatic carbocycles. The lowest BCUT2D eigenvalue weighted by molar-refractivity contribution is 1.09. The molecule has 0 saturated heterocycles. The largest absolute Gasteiger partial charge is 0.370 e. The molecule has 0 saturated carbocycles. The Morgan fingerprint density at radius 1 is 1.00 bits per heavy atom. The normalized spacial score (nSPS) is 10.5. The number of fused-ring (bicyclic) bond motifs is 1. The highest BCUT2D eigenvalue weighted by Gasteiger charge is 2.09. The molecule has 0 spiro atoms. The van der Waals surface area contributed by atoms with Crippen molar-refractivity contribution in [2.24, 2.45) is 16.5 Å². The summed E-state index contributed by atoms with van der Waals surface area (Å²) in [6, 6.07) is 14.2. The van der Waals surface area contributed by atoms with Crippen molar-refractivity contribution in [3.63, 3.8) is 0 Å². The van der Waals surface area contributed by atoms with E-state index in [-0.39, 0.29) is 5.96 Å². The van der Waals surface area contributed by atoms with Crippen LogP contribution in [0.15, 0.2) is 47.5 Å². The van der Waals surface area contributed by atoms with Gasteiger partial charge in [0.05, 0.1) is 0 Å². The minimum atomic E-state index is -0.0133. The lowest BCUT2D eigenvalue weighted by Crippen LogP contribution is -2.21. The van der Waals surface area contributed by atoms with Crippen molar-refractivity contribution in [1.82, 2.24) is 10.2 Å². The highest BCUT2D eigenvalue weighted by Crippen LogP contribution is 2.32. The number of aliphatic imine (C=N–C) groups is 1. The molecule has 0 atom stereocenters. The van der Waals surface area contributed by atoms with E-state index in [1.165, 1.54) is 16.7 Å². The average molecular weight is 269 g/mol. The Labute approximate surface area is 113 Å². The number of hydrogen-bond acceptors (Lipinski definition) is 4. The summed E-state index contributed by atoms with van der Waals surface area (Å²) in [5.74, 6) is -0.0133. The van der Waals surface area contributed by atoms with Crippen LogP contribution in [0.1, 0.15) is 0 Å². The van der Waals surface area contributed by atoms with Crippen LogP contribution in [0.3, 0.4) is 0 Å². The van der Waals surface area contributed by atoms with Crippen molar-refractivity contribution in [3.05, 3.63) is 42.5 Å². The molecule has 3 aromatic rings. The van der Waals surface area contributed by atoms with Crippen LogP contribution >= 0.6 is 11.3 Å². The average Bonchev–Trinajstić information content (AvgIpc) is 2.85. The summed E-state index contributed by atoms with van der Waals surface area (Å²) in [4.78, 5) is 3.90. The molecule has 0 unspecified atom stereocenters. The van der Waals surface area contributed by atoms with Crippen LogP contribution in [0.25, 0.3) is 21.3 Å². The maximum absolute atomic E-state index is 5.33. The van der Waals surface area contributed by atoms with Gasteiger partial charge < -0.3 is 11.5 Å². The number of benzene rings is 2. The van der Waals surface area contributed by atoms with Gasteiger partial charge in [0, 0.05) is 5.56 Å². The minimum Gasteiger partial charge on any atom is -0.370 e. The Kier molecular flexibility index (Phi) is 2.85. The third kappa shape index (κ3) is 2.25. The predicted octanol–water partition coefficient (Wildman–Crippen LogP) is 2.26. The van der Waals surface area contributed by atoms with E-state index in [1.807, 2.05) is 24.3 Å². The quantitative estimate of drug-likeness (QED) is 0.551. The molecular formula is C13H11N5S. The third-order valence-corrected chi connectivity index (χ3v) is 3.51. The molecule has 4 N–H and O–H groups in total. The molecule has 0 amide bonds. The number of guanidine groups is 1. The molecule has 1 aromatic heterocycles. The van der Waals surface area contributed by atoms with E-state index >= 15 is 0 Å². The maximum atomic E-state index is 5.33. The zero-order chi connectivity index (χ0) is 13.2. The molecule has 19 heavy (non-hydrogen) atoms. The van der Waals surface area contributed by atoms with E-state index in [2.05, 4.69) is 33.4 Å². The third-order valence-electron chi connectivity index (χ3n) is 2.66. The second-order valence-electron chi connectivity index (χ2n) is 3.95. The van der Waals surface area contributed by atoms with Crippen molar-refractivity contribution in [3.8, 4) is 10.6 Å². The Morgan fingerprint density at radius 3 is 2.63 bits per heavy atom. The summed E-state index contributed by atoms with van der Waals surface area (Å²) < 4.78 is 0. The summed E-state index contributed by atoms with van der Waals surface area (Å²) in [6.45, 7) is 0. The Morgan fingerprint density at radius 2 is 1.79 bits per heavy atom. The van der Waals surface area contributed by atoms with E-state index in [0.29, 0.717) is 5.13 Å². The highest BCUT2D eigenvalue weighted by molar-refractivity contribution is 7.18. The number of aromatic nitrogens is 2. The fourth-order valence-electron chi connectivity index (χ4n) is 1.89. The number of nitrogens with zero attached hydrogens (tertiary/aromatic N) is 3. The lowest BCUT2D eigenvalue weighted by atomic mass is 10.1. The summed E-state index contributed by atoms with van der Waals surface area (Å²) in [7, 11) is 0. The molecule has 6 heteroatoms. The van der Waals surface area contributed by atoms with Gasteiger partial charge in [-0.2, -0.15) is 4.99 Å². The molecule has 94 valence electrons. The Hall–Kier alpha value is -2.47. The smallest absolute Gasteiger partial charge is 0.235 e. The second kappa shape index (κ2) is 4.66. The van der Waals surface area contributed by atoms with E-state index < -0.39 is 0 Å². The van der Waals surface area contributed by atoms with Crippen molar-refractivity contribution >= 4 is 33.2 Å². The van der Waals surface area contributed by atoms with Crippen LogP contribution in [-0.2, 0) is 0 Å². The van der Waals surface area contributed by atoms with Crippen molar-refractivity contribution < 1.29 is 0 Å². The molecule has 0 aliphatic heterocycles. The number of nitrogens with two attached hydrogens (primary N) is 2. The van der Waals surface area contributed by atoms with Crippen molar-refractivity contribution in [2.45, 2.75) is 0 Å². The van der Waals surface area contributed by atoms with Gasteiger partial charge in [0.15, 0.2) is 5.96 Å². The zero-order valence-corrected chi connectivity index (χ0v) is 10.8. The molecule has 1 heterocycles. The van der Waals surface area contributed by atoms with Crippen LogP contribution in [0, 0.1) is 0 Å². The predicted molar refractivity (Wildman–Crippen MR) is 78.3 cm³/mol. The summed E-state index contributed by atoms with van der Waals surface area (Å²) in [5, 5.41) is 11.7. The molecule has 0 bridgehead atoms. The number of rotatable bonds is 2. The Bertz CT molecular complexity index is 753. The minimum absolute atomic E-state index is 0.0133. The molecular weight excluding hydrogens is 258 g/mol. The standard InChI is InChI=1S/C13H11N5S/c14-12(15)16-13-18-17-11(19-13)10-7-3-5-8-4-1-2-6-9(8)10/h1-7H,(H4,14,15,16,18). The van der Waals surface area contributed by atoms with Gasteiger partial charge in [-0.25, -0.2) is 0 Å². The van der Waals surface area contributed by atoms with Crippen LogP contribution in [-0.4, -0.2) is 16.2 Å². The molecule has 0 fully saturated rings. The summed E-state index contributed by atoms with van der Waals surface area (Å²) >= 11 is 1.36. The van der Waals surface area contributed by atoms with Gasteiger partial charge in [-0.1, -0.05) is 53.8 Å². The summed E-state index contributed by atoms with van der Waals surface area (Å²) in [5.41, 5.74) is 11.7. The molecule has 0 radical (unpaired) electrons. The number of hydrogen-bond donors (Lipinski definition) is 2. The van der Waals surface area contributed by atoms with Gasteiger partial charge in [-0.15, -0.1) is 10.2 Å². The SMILES string of the molecule is NC(N)=Nc1nnc(-c2cccc3ccccc23)s1. The first-order valence-corrected chi connectivity index (χ1v) is 6.47. The lowest BCUT2D eigenvalue weighted by Gasteiger charge is -2.01. The van der Waals surface area contributed by atoms with Crippen LogP contribution < -0.4 is 11.5 Å². The van der Waals surface area contributed by atoms with Crippen molar-refractivity contribution in [1.29, 1.82) is 0 Å². The van der Waals surface area contributed by atoms with Gasteiger partial charge >= 0.3 is 0 Å². The Balaban J connectivity index is 2.14. The molecule has 5 nitrogen and oxygen atoms in total. The van der Waals surface area contributed by atoms with Gasteiger partial charge in [0.2, 0.25) is 5.13 Å². The monoisotopic (exact) mass is 269 g/mol. The van der Waals surface area contributed by atoms with E-state index in [4.69, 9.17) is 11.5 Å².